The normalized spacial score (nSPS) is 14.6. The number of rotatable bonds is 8. The Morgan fingerprint density at radius 1 is 1.16 bits per heavy atom. The minimum atomic E-state index is -0.591. The van der Waals surface area contributed by atoms with Crippen LogP contribution in [0.15, 0.2) is 24.3 Å². The molecule has 108 valence electrons. The zero-order chi connectivity index (χ0) is 14.3. The molecule has 1 aromatic rings. The van der Waals surface area contributed by atoms with Gasteiger partial charge in [-0.25, -0.2) is 0 Å². The lowest BCUT2D eigenvalue weighted by molar-refractivity contribution is 0.0498. The lowest BCUT2D eigenvalue weighted by atomic mass is 10.00. The fourth-order valence-electron chi connectivity index (χ4n) is 2.37. The average Bonchev–Trinajstić information content (AvgIpc) is 2.30. The van der Waals surface area contributed by atoms with Crippen molar-refractivity contribution >= 4 is 0 Å². The van der Waals surface area contributed by atoms with Gasteiger partial charge in [0, 0.05) is 13.1 Å². The van der Waals surface area contributed by atoms with E-state index in [1.807, 2.05) is 6.92 Å². The molecule has 2 N–H and O–H groups in total. The summed E-state index contributed by atoms with van der Waals surface area (Å²) >= 11 is 0. The molecule has 1 rings (SSSR count). The van der Waals surface area contributed by atoms with Crippen molar-refractivity contribution in [3.8, 4) is 0 Å². The standard InChI is InChI=1S/C17H29NO/c1-5-10-17(4,19)13-18-12-16-8-6-15(7-9-16)11-14(2)3/h6-9,14,18-19H,5,10-13H2,1-4H3. The monoisotopic (exact) mass is 263 g/mol. The zero-order valence-corrected chi connectivity index (χ0v) is 12.9. The van der Waals surface area contributed by atoms with Gasteiger partial charge in [0.15, 0.2) is 0 Å². The second kappa shape index (κ2) is 7.66. The van der Waals surface area contributed by atoms with E-state index in [9.17, 15) is 5.11 Å². The highest BCUT2D eigenvalue weighted by Gasteiger charge is 2.17. The van der Waals surface area contributed by atoms with E-state index in [1.165, 1.54) is 11.1 Å². The molecule has 19 heavy (non-hydrogen) atoms. The minimum Gasteiger partial charge on any atom is -0.389 e. The maximum atomic E-state index is 10.1. The molecule has 0 saturated carbocycles. The molecular weight excluding hydrogens is 234 g/mol. The number of nitrogens with one attached hydrogen (secondary N) is 1. The van der Waals surface area contributed by atoms with E-state index in [-0.39, 0.29) is 0 Å². The Balaban J connectivity index is 2.38. The lowest BCUT2D eigenvalue weighted by Gasteiger charge is -2.23. The summed E-state index contributed by atoms with van der Waals surface area (Å²) in [6, 6.07) is 8.78. The summed E-state index contributed by atoms with van der Waals surface area (Å²) in [4.78, 5) is 0. The van der Waals surface area contributed by atoms with Crippen LogP contribution in [-0.2, 0) is 13.0 Å². The first kappa shape index (κ1) is 16.2. The van der Waals surface area contributed by atoms with Gasteiger partial charge in [-0.15, -0.1) is 0 Å². The van der Waals surface area contributed by atoms with E-state index < -0.39 is 5.60 Å². The molecule has 0 heterocycles. The maximum absolute atomic E-state index is 10.1. The van der Waals surface area contributed by atoms with Gasteiger partial charge in [-0.3, -0.25) is 0 Å². The molecule has 0 fully saturated rings. The number of aliphatic hydroxyl groups is 1. The quantitative estimate of drug-likeness (QED) is 0.752. The second-order valence-electron chi connectivity index (χ2n) is 6.26. The minimum absolute atomic E-state index is 0.591. The fourth-order valence-corrected chi connectivity index (χ4v) is 2.37. The van der Waals surface area contributed by atoms with Crippen LogP contribution >= 0.6 is 0 Å². The first-order chi connectivity index (χ1) is 8.93. The summed E-state index contributed by atoms with van der Waals surface area (Å²) in [6.07, 6.45) is 2.99. The molecule has 0 saturated heterocycles. The Morgan fingerprint density at radius 3 is 2.26 bits per heavy atom. The van der Waals surface area contributed by atoms with Crippen LogP contribution in [0.2, 0.25) is 0 Å². The first-order valence-corrected chi connectivity index (χ1v) is 7.44. The van der Waals surface area contributed by atoms with E-state index in [0.717, 1.165) is 25.8 Å². The summed E-state index contributed by atoms with van der Waals surface area (Å²) in [5.41, 5.74) is 2.09. The van der Waals surface area contributed by atoms with Crippen molar-refractivity contribution in [3.05, 3.63) is 35.4 Å². The van der Waals surface area contributed by atoms with E-state index >= 15 is 0 Å². The van der Waals surface area contributed by atoms with Crippen LogP contribution in [0.4, 0.5) is 0 Å². The summed E-state index contributed by atoms with van der Waals surface area (Å²) in [7, 11) is 0. The van der Waals surface area contributed by atoms with Crippen LogP contribution < -0.4 is 5.32 Å². The molecular formula is C17H29NO. The molecule has 0 amide bonds. The lowest BCUT2D eigenvalue weighted by Crippen LogP contribution is -2.37. The van der Waals surface area contributed by atoms with Crippen LogP contribution in [0.25, 0.3) is 0 Å². The van der Waals surface area contributed by atoms with Crippen molar-refractivity contribution in [2.24, 2.45) is 5.92 Å². The summed E-state index contributed by atoms with van der Waals surface area (Å²) in [5.74, 6) is 0.702. The third-order valence-corrected chi connectivity index (χ3v) is 3.29. The van der Waals surface area contributed by atoms with Crippen molar-refractivity contribution in [1.82, 2.24) is 5.32 Å². The SMILES string of the molecule is CCCC(C)(O)CNCc1ccc(CC(C)C)cc1. The highest BCUT2D eigenvalue weighted by Crippen LogP contribution is 2.12. The zero-order valence-electron chi connectivity index (χ0n) is 12.9. The van der Waals surface area contributed by atoms with Gasteiger partial charge >= 0.3 is 0 Å². The van der Waals surface area contributed by atoms with Crippen molar-refractivity contribution in [2.45, 2.75) is 59.1 Å². The number of hydrogen-bond donors (Lipinski definition) is 2. The molecule has 0 aliphatic heterocycles. The summed E-state index contributed by atoms with van der Waals surface area (Å²) < 4.78 is 0. The van der Waals surface area contributed by atoms with Gasteiger partial charge in [0.2, 0.25) is 0 Å². The van der Waals surface area contributed by atoms with Gasteiger partial charge in [-0.1, -0.05) is 51.5 Å². The molecule has 0 aliphatic rings. The summed E-state index contributed by atoms with van der Waals surface area (Å²) in [5, 5.41) is 13.4. The van der Waals surface area contributed by atoms with Crippen molar-refractivity contribution < 1.29 is 5.11 Å². The smallest absolute Gasteiger partial charge is 0.0743 e. The Bertz CT molecular complexity index is 354. The van der Waals surface area contributed by atoms with Crippen LogP contribution in [0.1, 0.15) is 51.7 Å². The predicted octanol–water partition coefficient (Wildman–Crippen LogP) is 3.53. The van der Waals surface area contributed by atoms with Crippen LogP contribution in [0.5, 0.6) is 0 Å². The topological polar surface area (TPSA) is 32.3 Å². The van der Waals surface area contributed by atoms with Gasteiger partial charge in [-0.2, -0.15) is 0 Å². The molecule has 0 aromatic heterocycles. The summed E-state index contributed by atoms with van der Waals surface area (Å²) in [6.45, 7) is 9.95. The van der Waals surface area contributed by atoms with E-state index in [0.29, 0.717) is 12.5 Å². The Morgan fingerprint density at radius 2 is 1.74 bits per heavy atom. The van der Waals surface area contributed by atoms with Gasteiger partial charge < -0.3 is 10.4 Å². The predicted molar refractivity (Wildman–Crippen MR) is 82.2 cm³/mol. The Labute approximate surface area is 118 Å². The Hall–Kier alpha value is -0.860. The number of hydrogen-bond acceptors (Lipinski definition) is 2. The van der Waals surface area contributed by atoms with Gasteiger partial charge in [-0.05, 0) is 36.8 Å². The van der Waals surface area contributed by atoms with Crippen LogP contribution in [0, 0.1) is 5.92 Å². The molecule has 1 aromatic carbocycles. The van der Waals surface area contributed by atoms with E-state index in [1.54, 1.807) is 0 Å². The number of benzene rings is 1. The van der Waals surface area contributed by atoms with Crippen molar-refractivity contribution in [2.75, 3.05) is 6.54 Å². The molecule has 0 aliphatic carbocycles. The second-order valence-corrected chi connectivity index (χ2v) is 6.26. The third-order valence-electron chi connectivity index (χ3n) is 3.29. The molecule has 2 heteroatoms. The van der Waals surface area contributed by atoms with Gasteiger partial charge in [0.05, 0.1) is 5.60 Å². The Kier molecular flexibility index (Phi) is 6.53. The fraction of sp³-hybridized carbons (Fsp3) is 0.647. The highest BCUT2D eigenvalue weighted by atomic mass is 16.3. The van der Waals surface area contributed by atoms with Crippen LogP contribution in [0.3, 0.4) is 0 Å². The molecule has 0 spiro atoms. The average molecular weight is 263 g/mol. The van der Waals surface area contributed by atoms with Crippen molar-refractivity contribution in [1.29, 1.82) is 0 Å². The van der Waals surface area contributed by atoms with Gasteiger partial charge in [0.1, 0.15) is 0 Å². The van der Waals surface area contributed by atoms with E-state index in [2.05, 4.69) is 50.4 Å². The molecule has 1 unspecified atom stereocenters. The van der Waals surface area contributed by atoms with E-state index in [4.69, 9.17) is 0 Å². The van der Waals surface area contributed by atoms with Crippen molar-refractivity contribution in [3.63, 3.8) is 0 Å². The molecule has 0 radical (unpaired) electrons. The van der Waals surface area contributed by atoms with Gasteiger partial charge in [0.25, 0.3) is 0 Å². The molecule has 1 atom stereocenters. The maximum Gasteiger partial charge on any atom is 0.0743 e. The molecule has 0 bridgehead atoms. The molecule has 2 nitrogen and oxygen atoms in total. The third kappa shape index (κ3) is 6.74. The van der Waals surface area contributed by atoms with Crippen LogP contribution in [-0.4, -0.2) is 17.3 Å². The largest absolute Gasteiger partial charge is 0.389 e. The highest BCUT2D eigenvalue weighted by molar-refractivity contribution is 5.22. The first-order valence-electron chi connectivity index (χ1n) is 7.44.